The third kappa shape index (κ3) is 2.53. The molecular weight excluding hydrogens is 238 g/mol. The molecule has 0 fully saturated rings. The van der Waals surface area contributed by atoms with Gasteiger partial charge in [0.25, 0.3) is 0 Å². The van der Waals surface area contributed by atoms with Crippen LogP contribution >= 0.6 is 0 Å². The van der Waals surface area contributed by atoms with Gasteiger partial charge in [0, 0.05) is 5.56 Å². The molecule has 2 aromatic rings. The number of nitriles is 1. The Kier molecular flexibility index (Phi) is 4.04. The Bertz CT molecular complexity index is 614. The number of para-hydroxylation sites is 1. The highest BCUT2D eigenvalue weighted by atomic mass is 16.5. The zero-order valence-corrected chi connectivity index (χ0v) is 11.0. The first-order chi connectivity index (χ1) is 9.31. The van der Waals surface area contributed by atoms with Crippen LogP contribution in [-0.4, -0.2) is 14.2 Å². The second kappa shape index (κ2) is 5.92. The predicted molar refractivity (Wildman–Crippen MR) is 74.3 cm³/mol. The number of hydrogen-bond acceptors (Lipinski definition) is 3. The minimum absolute atomic E-state index is 0.372. The molecule has 0 radical (unpaired) electrons. The third-order valence-corrected chi connectivity index (χ3v) is 2.98. The average Bonchev–Trinajstić information content (AvgIpc) is 2.47. The van der Waals surface area contributed by atoms with Crippen LogP contribution in [0.3, 0.4) is 0 Å². The maximum atomic E-state index is 8.91. The smallest absolute Gasteiger partial charge is 0.168 e. The third-order valence-electron chi connectivity index (χ3n) is 2.98. The lowest BCUT2D eigenvalue weighted by atomic mass is 9.97. The van der Waals surface area contributed by atoms with Gasteiger partial charge in [0.2, 0.25) is 0 Å². The molecule has 0 unspecified atom stereocenters. The summed E-state index contributed by atoms with van der Waals surface area (Å²) in [6.07, 6.45) is 0.372. The van der Waals surface area contributed by atoms with E-state index in [0.717, 1.165) is 16.7 Å². The van der Waals surface area contributed by atoms with Gasteiger partial charge in [-0.25, -0.2) is 0 Å². The molecule has 0 aliphatic rings. The van der Waals surface area contributed by atoms with E-state index in [4.69, 9.17) is 14.7 Å². The first kappa shape index (κ1) is 13.0. The van der Waals surface area contributed by atoms with Crippen LogP contribution in [0.1, 0.15) is 5.56 Å². The molecule has 0 bridgehead atoms. The van der Waals surface area contributed by atoms with Crippen LogP contribution in [0, 0.1) is 11.3 Å². The standard InChI is InChI=1S/C16H15NO2/c1-18-15-9-5-8-14(16(15)19-2)13-7-4-3-6-12(13)10-11-17/h3-9H,10H2,1-2H3. The zero-order valence-electron chi connectivity index (χ0n) is 11.0. The maximum Gasteiger partial charge on any atom is 0.168 e. The van der Waals surface area contributed by atoms with Crippen molar-refractivity contribution in [1.29, 1.82) is 5.26 Å². The number of benzene rings is 2. The molecule has 0 saturated heterocycles. The maximum absolute atomic E-state index is 8.91. The van der Waals surface area contributed by atoms with E-state index in [1.165, 1.54) is 0 Å². The number of methoxy groups -OCH3 is 2. The summed E-state index contributed by atoms with van der Waals surface area (Å²) in [5.41, 5.74) is 2.92. The van der Waals surface area contributed by atoms with Gasteiger partial charge in [0.1, 0.15) is 0 Å². The van der Waals surface area contributed by atoms with Crippen LogP contribution in [0.2, 0.25) is 0 Å². The molecule has 2 aromatic carbocycles. The van der Waals surface area contributed by atoms with Crippen molar-refractivity contribution < 1.29 is 9.47 Å². The predicted octanol–water partition coefficient (Wildman–Crippen LogP) is 3.44. The summed E-state index contributed by atoms with van der Waals surface area (Å²) in [6.45, 7) is 0. The van der Waals surface area contributed by atoms with Crippen LogP contribution in [0.5, 0.6) is 11.5 Å². The van der Waals surface area contributed by atoms with Gasteiger partial charge in [-0.2, -0.15) is 5.26 Å². The molecule has 0 aliphatic carbocycles. The van der Waals surface area contributed by atoms with Crippen molar-refractivity contribution in [3.8, 4) is 28.7 Å². The second-order valence-corrected chi connectivity index (χ2v) is 4.03. The minimum Gasteiger partial charge on any atom is -0.493 e. The number of hydrogen-bond donors (Lipinski definition) is 0. The van der Waals surface area contributed by atoms with Gasteiger partial charge in [-0.15, -0.1) is 0 Å². The molecule has 0 aromatic heterocycles. The Hall–Kier alpha value is -2.47. The highest BCUT2D eigenvalue weighted by Crippen LogP contribution is 2.39. The summed E-state index contributed by atoms with van der Waals surface area (Å²) in [7, 11) is 3.23. The molecule has 0 N–H and O–H groups in total. The summed E-state index contributed by atoms with van der Waals surface area (Å²) in [6, 6.07) is 15.8. The summed E-state index contributed by atoms with van der Waals surface area (Å²) >= 11 is 0. The monoisotopic (exact) mass is 253 g/mol. The molecule has 0 aliphatic heterocycles. The van der Waals surface area contributed by atoms with E-state index in [9.17, 15) is 0 Å². The van der Waals surface area contributed by atoms with Crippen LogP contribution in [0.15, 0.2) is 42.5 Å². The van der Waals surface area contributed by atoms with Crippen LogP contribution in [-0.2, 0) is 6.42 Å². The fourth-order valence-corrected chi connectivity index (χ4v) is 2.12. The van der Waals surface area contributed by atoms with Gasteiger partial charge in [-0.05, 0) is 17.2 Å². The van der Waals surface area contributed by atoms with Crippen molar-refractivity contribution in [3.63, 3.8) is 0 Å². The lowest BCUT2D eigenvalue weighted by Gasteiger charge is -2.14. The first-order valence-electron chi connectivity index (χ1n) is 5.98. The van der Waals surface area contributed by atoms with Gasteiger partial charge in [0.05, 0.1) is 26.7 Å². The van der Waals surface area contributed by atoms with Crippen LogP contribution in [0.4, 0.5) is 0 Å². The molecule has 19 heavy (non-hydrogen) atoms. The van der Waals surface area contributed by atoms with Crippen molar-refractivity contribution in [2.45, 2.75) is 6.42 Å². The average molecular weight is 253 g/mol. The normalized spacial score (nSPS) is 9.74. The van der Waals surface area contributed by atoms with Crippen molar-refractivity contribution in [3.05, 3.63) is 48.0 Å². The van der Waals surface area contributed by atoms with E-state index in [0.29, 0.717) is 17.9 Å². The number of nitrogens with zero attached hydrogens (tertiary/aromatic N) is 1. The molecule has 96 valence electrons. The number of rotatable bonds is 4. The lowest BCUT2D eigenvalue weighted by molar-refractivity contribution is 0.356. The zero-order chi connectivity index (χ0) is 13.7. The van der Waals surface area contributed by atoms with Crippen molar-refractivity contribution in [2.24, 2.45) is 0 Å². The summed E-state index contributed by atoms with van der Waals surface area (Å²) in [5, 5.41) is 8.91. The van der Waals surface area contributed by atoms with Gasteiger partial charge in [-0.1, -0.05) is 36.4 Å². The van der Waals surface area contributed by atoms with Crippen molar-refractivity contribution in [1.82, 2.24) is 0 Å². The topological polar surface area (TPSA) is 42.2 Å². The lowest BCUT2D eigenvalue weighted by Crippen LogP contribution is -1.95. The molecule has 0 spiro atoms. The molecular formula is C16H15NO2. The van der Waals surface area contributed by atoms with Crippen molar-refractivity contribution >= 4 is 0 Å². The Morgan fingerprint density at radius 3 is 2.37 bits per heavy atom. The quantitative estimate of drug-likeness (QED) is 0.838. The highest BCUT2D eigenvalue weighted by molar-refractivity contribution is 5.76. The minimum atomic E-state index is 0.372. The van der Waals surface area contributed by atoms with Crippen LogP contribution in [0.25, 0.3) is 11.1 Å². The molecule has 3 nitrogen and oxygen atoms in total. The van der Waals surface area contributed by atoms with E-state index in [2.05, 4.69) is 6.07 Å². The fourth-order valence-electron chi connectivity index (χ4n) is 2.12. The number of ether oxygens (including phenoxy) is 2. The Morgan fingerprint density at radius 1 is 0.947 bits per heavy atom. The van der Waals surface area contributed by atoms with Gasteiger partial charge in [0.15, 0.2) is 11.5 Å². The molecule has 2 rings (SSSR count). The van der Waals surface area contributed by atoms with E-state index in [1.54, 1.807) is 14.2 Å². The van der Waals surface area contributed by atoms with E-state index in [1.807, 2.05) is 42.5 Å². The Morgan fingerprint density at radius 2 is 1.68 bits per heavy atom. The fraction of sp³-hybridized carbons (Fsp3) is 0.188. The summed E-state index contributed by atoms with van der Waals surface area (Å²) in [4.78, 5) is 0. The van der Waals surface area contributed by atoms with Gasteiger partial charge in [-0.3, -0.25) is 0 Å². The van der Waals surface area contributed by atoms with Crippen LogP contribution < -0.4 is 9.47 Å². The molecule has 3 heteroatoms. The van der Waals surface area contributed by atoms with Gasteiger partial charge < -0.3 is 9.47 Å². The summed E-state index contributed by atoms with van der Waals surface area (Å²) < 4.78 is 10.8. The molecule has 0 saturated carbocycles. The molecule has 0 heterocycles. The summed E-state index contributed by atoms with van der Waals surface area (Å²) in [5.74, 6) is 1.38. The Labute approximate surface area is 113 Å². The van der Waals surface area contributed by atoms with E-state index in [-0.39, 0.29) is 0 Å². The van der Waals surface area contributed by atoms with Gasteiger partial charge >= 0.3 is 0 Å². The highest BCUT2D eigenvalue weighted by Gasteiger charge is 2.13. The largest absolute Gasteiger partial charge is 0.493 e. The van der Waals surface area contributed by atoms with E-state index < -0.39 is 0 Å². The first-order valence-corrected chi connectivity index (χ1v) is 5.98. The molecule has 0 atom stereocenters. The SMILES string of the molecule is COc1cccc(-c2ccccc2CC#N)c1OC. The van der Waals surface area contributed by atoms with E-state index >= 15 is 0 Å². The van der Waals surface area contributed by atoms with Crippen molar-refractivity contribution in [2.75, 3.05) is 14.2 Å². The molecule has 0 amide bonds. The Balaban J connectivity index is 2.62. The second-order valence-electron chi connectivity index (χ2n) is 4.03.